The summed E-state index contributed by atoms with van der Waals surface area (Å²) in [6.45, 7) is 0.983. The number of fused-ring (bicyclic) bond motifs is 1. The Kier molecular flexibility index (Phi) is 6.43. The van der Waals surface area contributed by atoms with Gasteiger partial charge in [-0.1, -0.05) is 0 Å². The molecule has 4 rings (SSSR count). The Bertz CT molecular complexity index is 1320. The van der Waals surface area contributed by atoms with Gasteiger partial charge in [0.25, 0.3) is 11.8 Å². The van der Waals surface area contributed by atoms with Crippen LogP contribution in [0.5, 0.6) is 0 Å². The topological polar surface area (TPSA) is 67.2 Å². The van der Waals surface area contributed by atoms with Gasteiger partial charge in [-0.2, -0.15) is 31.4 Å². The molecule has 0 unspecified atom stereocenters. The number of rotatable bonds is 5. The summed E-state index contributed by atoms with van der Waals surface area (Å²) < 4.78 is 91.0. The van der Waals surface area contributed by atoms with Crippen LogP contribution in [0.4, 0.5) is 30.7 Å². The van der Waals surface area contributed by atoms with Gasteiger partial charge in [-0.05, 0) is 42.8 Å². The molecule has 0 bridgehead atoms. The Morgan fingerprint density at radius 3 is 2.33 bits per heavy atom. The van der Waals surface area contributed by atoms with Crippen LogP contribution < -0.4 is 5.32 Å². The molecule has 1 N–H and O–H groups in total. The molecule has 36 heavy (non-hydrogen) atoms. The first kappa shape index (κ1) is 25.5. The summed E-state index contributed by atoms with van der Waals surface area (Å²) in [6, 6.07) is 4.68. The third-order valence-electron chi connectivity index (χ3n) is 5.92. The first-order valence-corrected chi connectivity index (χ1v) is 10.7. The quantitative estimate of drug-likeness (QED) is 0.506. The van der Waals surface area contributed by atoms with Gasteiger partial charge < -0.3 is 10.2 Å². The number of aromatic nitrogens is 2. The lowest BCUT2D eigenvalue weighted by atomic mass is 9.98. The summed E-state index contributed by atoms with van der Waals surface area (Å²) in [6.07, 6.45) is -7.61. The van der Waals surface area contributed by atoms with Crippen molar-refractivity contribution in [2.24, 2.45) is 5.92 Å². The zero-order chi connectivity index (χ0) is 26.4. The minimum Gasteiger partial charge on any atom is -0.343 e. The first-order valence-electron chi connectivity index (χ1n) is 10.7. The molecule has 192 valence electrons. The van der Waals surface area contributed by atoms with E-state index in [0.29, 0.717) is 35.1 Å². The van der Waals surface area contributed by atoms with Gasteiger partial charge in [-0.3, -0.25) is 14.3 Å². The van der Waals surface area contributed by atoms with E-state index in [1.54, 1.807) is 17.8 Å². The summed E-state index contributed by atoms with van der Waals surface area (Å²) in [5.41, 5.74) is -0.552. The second kappa shape index (κ2) is 9.10. The van der Waals surface area contributed by atoms with Gasteiger partial charge in [0.05, 0.1) is 16.6 Å². The molecule has 0 atom stereocenters. The van der Waals surface area contributed by atoms with Gasteiger partial charge in [-0.25, -0.2) is 4.39 Å². The second-order valence-electron chi connectivity index (χ2n) is 8.59. The Morgan fingerprint density at radius 1 is 1.06 bits per heavy atom. The van der Waals surface area contributed by atoms with E-state index in [9.17, 15) is 40.3 Å². The molecule has 3 aromatic rings. The molecule has 0 radical (unpaired) electrons. The Balaban J connectivity index is 1.39. The van der Waals surface area contributed by atoms with E-state index in [-0.39, 0.29) is 24.6 Å². The average Bonchev–Trinajstić information content (AvgIpc) is 3.16. The van der Waals surface area contributed by atoms with Crippen molar-refractivity contribution in [2.45, 2.75) is 25.8 Å². The minimum atomic E-state index is -4.72. The standard InChI is InChI=1S/C23H19F7N4O2/c1-12-15(20(35)31-11-22(25,26)27)4-5-19-17(12)10-34(32-19)9-13-7-33(8-13)21(36)16-3-2-14(6-18(16)24)23(28,29)30/h2-6,10,13H,7-9,11H2,1H3,(H,31,35). The van der Waals surface area contributed by atoms with Crippen molar-refractivity contribution in [3.8, 4) is 0 Å². The number of carbonyl (C=O) groups excluding carboxylic acids is 2. The lowest BCUT2D eigenvalue weighted by molar-refractivity contribution is -0.137. The largest absolute Gasteiger partial charge is 0.416 e. The molecule has 2 heterocycles. The van der Waals surface area contributed by atoms with Gasteiger partial charge in [0.15, 0.2) is 0 Å². The molecule has 2 aromatic carbocycles. The molecule has 1 aliphatic rings. The molecule has 1 aliphatic heterocycles. The highest BCUT2D eigenvalue weighted by Gasteiger charge is 2.35. The second-order valence-corrected chi connectivity index (χ2v) is 8.59. The smallest absolute Gasteiger partial charge is 0.343 e. The molecule has 2 amide bonds. The zero-order valence-corrected chi connectivity index (χ0v) is 18.7. The number of nitrogens with one attached hydrogen (secondary N) is 1. The van der Waals surface area contributed by atoms with Crippen LogP contribution >= 0.6 is 0 Å². The van der Waals surface area contributed by atoms with Crippen molar-refractivity contribution in [3.63, 3.8) is 0 Å². The summed E-state index contributed by atoms with van der Waals surface area (Å²) in [5, 5.41) is 6.80. The number of nitrogens with zero attached hydrogens (tertiary/aromatic N) is 3. The fourth-order valence-electron chi connectivity index (χ4n) is 4.05. The van der Waals surface area contributed by atoms with E-state index in [4.69, 9.17) is 0 Å². The van der Waals surface area contributed by atoms with Gasteiger partial charge in [0.2, 0.25) is 0 Å². The SMILES string of the molecule is Cc1c(C(=O)NCC(F)(F)F)ccc2nn(CC3CN(C(=O)c4ccc(C(F)(F)F)cc4F)C3)cc12. The maximum atomic E-state index is 14.1. The predicted molar refractivity (Wildman–Crippen MR) is 114 cm³/mol. The van der Waals surface area contributed by atoms with Crippen LogP contribution in [0.1, 0.15) is 31.8 Å². The molecule has 6 nitrogen and oxygen atoms in total. The minimum absolute atomic E-state index is 0.0596. The molecule has 13 heteroatoms. The van der Waals surface area contributed by atoms with Gasteiger partial charge >= 0.3 is 12.4 Å². The van der Waals surface area contributed by atoms with E-state index >= 15 is 0 Å². The molecular weight excluding hydrogens is 497 g/mol. The first-order chi connectivity index (χ1) is 16.7. The summed E-state index contributed by atoms with van der Waals surface area (Å²) in [4.78, 5) is 25.9. The number of benzene rings is 2. The van der Waals surface area contributed by atoms with Crippen LogP contribution in [0.15, 0.2) is 36.5 Å². The van der Waals surface area contributed by atoms with Crippen LogP contribution in [0.25, 0.3) is 10.9 Å². The van der Waals surface area contributed by atoms with Crippen molar-refractivity contribution < 1.29 is 40.3 Å². The summed E-state index contributed by atoms with van der Waals surface area (Å²) in [5.74, 6) is -2.88. The van der Waals surface area contributed by atoms with Crippen molar-refractivity contribution in [3.05, 3.63) is 64.6 Å². The highest BCUT2D eigenvalue weighted by atomic mass is 19.4. The van der Waals surface area contributed by atoms with Crippen molar-refractivity contribution in [2.75, 3.05) is 19.6 Å². The van der Waals surface area contributed by atoms with E-state index < -0.39 is 47.7 Å². The number of hydrogen-bond acceptors (Lipinski definition) is 3. The van der Waals surface area contributed by atoms with Crippen molar-refractivity contribution in [1.82, 2.24) is 20.0 Å². The number of amides is 2. The zero-order valence-electron chi connectivity index (χ0n) is 18.7. The van der Waals surface area contributed by atoms with Crippen LogP contribution in [0.3, 0.4) is 0 Å². The van der Waals surface area contributed by atoms with Crippen LogP contribution in [0.2, 0.25) is 0 Å². The van der Waals surface area contributed by atoms with E-state index in [1.165, 1.54) is 17.0 Å². The summed E-state index contributed by atoms with van der Waals surface area (Å²) >= 11 is 0. The van der Waals surface area contributed by atoms with Gasteiger partial charge in [0.1, 0.15) is 12.4 Å². The Hall–Kier alpha value is -3.64. The average molecular weight is 516 g/mol. The van der Waals surface area contributed by atoms with Crippen molar-refractivity contribution in [1.29, 1.82) is 0 Å². The third-order valence-corrected chi connectivity index (χ3v) is 5.92. The summed E-state index contributed by atoms with van der Waals surface area (Å²) in [7, 11) is 0. The molecule has 0 aliphatic carbocycles. The van der Waals surface area contributed by atoms with Gasteiger partial charge in [0, 0.05) is 42.7 Å². The fraction of sp³-hybridized carbons (Fsp3) is 0.348. The molecular formula is C23H19F7N4O2. The van der Waals surface area contributed by atoms with E-state index in [0.717, 1.165) is 6.07 Å². The van der Waals surface area contributed by atoms with Crippen LogP contribution in [-0.2, 0) is 12.7 Å². The Morgan fingerprint density at radius 2 is 1.72 bits per heavy atom. The van der Waals surface area contributed by atoms with Crippen LogP contribution in [-0.4, -0.2) is 52.3 Å². The molecule has 0 spiro atoms. The number of hydrogen-bond donors (Lipinski definition) is 1. The van der Waals surface area contributed by atoms with Crippen molar-refractivity contribution >= 4 is 22.7 Å². The number of alkyl halides is 6. The Labute approximate surface area is 199 Å². The highest BCUT2D eigenvalue weighted by molar-refractivity contribution is 6.00. The number of halogens is 7. The monoisotopic (exact) mass is 516 g/mol. The van der Waals surface area contributed by atoms with Crippen LogP contribution in [0, 0.1) is 18.7 Å². The van der Waals surface area contributed by atoms with E-state index in [2.05, 4.69) is 5.10 Å². The molecule has 1 saturated heterocycles. The molecule has 1 aromatic heterocycles. The number of carbonyl (C=O) groups is 2. The predicted octanol–water partition coefficient (Wildman–Crippen LogP) is 4.57. The maximum Gasteiger partial charge on any atom is 0.416 e. The number of aryl methyl sites for hydroxylation is 1. The van der Waals surface area contributed by atoms with Gasteiger partial charge in [-0.15, -0.1) is 0 Å². The highest BCUT2D eigenvalue weighted by Crippen LogP contribution is 2.31. The lowest BCUT2D eigenvalue weighted by Gasteiger charge is -2.39. The number of likely N-dealkylation sites (tertiary alicyclic amines) is 1. The molecule has 1 fully saturated rings. The van der Waals surface area contributed by atoms with E-state index in [1.807, 2.05) is 5.32 Å². The normalized spacial score (nSPS) is 14.7. The lowest BCUT2D eigenvalue weighted by Crippen LogP contribution is -2.51. The third kappa shape index (κ3) is 5.29. The fourth-order valence-corrected chi connectivity index (χ4v) is 4.05. The maximum absolute atomic E-state index is 14.1. The molecule has 0 saturated carbocycles.